The monoisotopic (exact) mass is 911 g/mol. The number of hydrogen-bond acceptors (Lipinski definition) is 17. The van der Waals surface area contributed by atoms with E-state index in [4.69, 9.17) is 37.9 Å². The van der Waals surface area contributed by atoms with Crippen LogP contribution in [0, 0.1) is 5.92 Å². The lowest BCUT2D eigenvalue weighted by Gasteiger charge is -2.32. The summed E-state index contributed by atoms with van der Waals surface area (Å²) in [4.78, 5) is 65.8. The molecule has 1 heterocycles. The quantitative estimate of drug-likeness (QED) is 0.0447. The van der Waals surface area contributed by atoms with E-state index in [2.05, 4.69) is 24.5 Å². The average Bonchev–Trinajstić information content (AvgIpc) is 3.22. The van der Waals surface area contributed by atoms with Crippen molar-refractivity contribution in [3.05, 3.63) is 0 Å². The third-order valence-corrected chi connectivity index (χ3v) is 9.30. The van der Waals surface area contributed by atoms with Gasteiger partial charge in [0, 0.05) is 71.9 Å². The number of amides is 2. The topological polar surface area (TPSA) is 257 Å². The normalized spacial score (nSPS) is 15.2. The SMILES string of the molecule is CC(C)CCCC(=O)NCCOCCOCCOCCOCCOCCOCCOCCOCCNC(=O)CN1CCN(CC(=O)O)CCN(CC(=O)O)CCN(CC(=O)O)CC1. The van der Waals surface area contributed by atoms with Gasteiger partial charge in [0.05, 0.1) is 132 Å². The molecule has 1 fully saturated rings. The smallest absolute Gasteiger partial charge is 0.317 e. The summed E-state index contributed by atoms with van der Waals surface area (Å²) >= 11 is 0. The van der Waals surface area contributed by atoms with Gasteiger partial charge in [0.25, 0.3) is 0 Å². The number of nitrogens with zero attached hydrogens (tertiary/aromatic N) is 4. The van der Waals surface area contributed by atoms with Gasteiger partial charge in [-0.1, -0.05) is 20.3 Å². The molecule has 1 aliphatic rings. The number of aliphatic carboxylic acids is 3. The first-order valence-corrected chi connectivity index (χ1v) is 22.1. The molecule has 0 aromatic carbocycles. The van der Waals surface area contributed by atoms with Crippen molar-refractivity contribution >= 4 is 29.7 Å². The predicted molar refractivity (Wildman–Crippen MR) is 230 cm³/mol. The van der Waals surface area contributed by atoms with E-state index in [1.54, 1.807) is 14.7 Å². The van der Waals surface area contributed by atoms with Crippen LogP contribution < -0.4 is 10.6 Å². The van der Waals surface area contributed by atoms with Crippen molar-refractivity contribution in [2.75, 3.05) is 197 Å². The molecule has 22 heteroatoms. The summed E-state index contributed by atoms with van der Waals surface area (Å²) < 4.78 is 44.0. The summed E-state index contributed by atoms with van der Waals surface area (Å²) in [5, 5.41) is 33.8. The summed E-state index contributed by atoms with van der Waals surface area (Å²) in [6.07, 6.45) is 2.53. The van der Waals surface area contributed by atoms with Gasteiger partial charge < -0.3 is 63.8 Å². The molecular weight excluding hydrogens is 832 g/mol. The van der Waals surface area contributed by atoms with Gasteiger partial charge in [-0.05, 0) is 12.3 Å². The van der Waals surface area contributed by atoms with Crippen molar-refractivity contribution in [3.63, 3.8) is 0 Å². The Kier molecular flexibility index (Phi) is 37.1. The first-order chi connectivity index (χ1) is 30.4. The molecule has 0 aliphatic carbocycles. The molecule has 368 valence electrons. The molecule has 0 spiro atoms. The minimum absolute atomic E-state index is 0.0324. The van der Waals surface area contributed by atoms with E-state index in [0.717, 1.165) is 12.8 Å². The minimum atomic E-state index is -1.02. The van der Waals surface area contributed by atoms with Crippen LogP contribution in [0.3, 0.4) is 0 Å². The number of nitrogens with one attached hydrogen (secondary N) is 2. The predicted octanol–water partition coefficient (Wildman–Crippen LogP) is -1.35. The van der Waals surface area contributed by atoms with Crippen LogP contribution in [-0.4, -0.2) is 262 Å². The maximum absolute atomic E-state index is 12.8. The van der Waals surface area contributed by atoms with Gasteiger partial charge in [-0.3, -0.25) is 43.6 Å². The van der Waals surface area contributed by atoms with Gasteiger partial charge in [0.15, 0.2) is 0 Å². The van der Waals surface area contributed by atoms with Crippen molar-refractivity contribution in [2.24, 2.45) is 5.92 Å². The largest absolute Gasteiger partial charge is 0.480 e. The average molecular weight is 911 g/mol. The van der Waals surface area contributed by atoms with E-state index in [0.29, 0.717) is 170 Å². The second kappa shape index (κ2) is 40.4. The number of rotatable bonds is 39. The van der Waals surface area contributed by atoms with E-state index < -0.39 is 17.9 Å². The van der Waals surface area contributed by atoms with Gasteiger partial charge >= 0.3 is 17.9 Å². The maximum Gasteiger partial charge on any atom is 0.317 e. The fourth-order valence-electron chi connectivity index (χ4n) is 5.97. The third-order valence-electron chi connectivity index (χ3n) is 9.30. The molecule has 0 aromatic rings. The second-order valence-corrected chi connectivity index (χ2v) is 15.2. The Hall–Kier alpha value is -3.13. The molecule has 0 atom stereocenters. The number of carbonyl (C=O) groups is 5. The highest BCUT2D eigenvalue weighted by Crippen LogP contribution is 2.06. The Morgan fingerprint density at radius 3 is 0.937 bits per heavy atom. The Bertz CT molecular complexity index is 1160. The van der Waals surface area contributed by atoms with E-state index in [1.807, 2.05) is 4.90 Å². The molecule has 0 bridgehead atoms. The summed E-state index contributed by atoms with van der Waals surface area (Å²) in [6, 6.07) is 0. The lowest BCUT2D eigenvalue weighted by Crippen LogP contribution is -2.50. The zero-order chi connectivity index (χ0) is 46.2. The molecule has 1 aliphatic heterocycles. The molecule has 0 saturated carbocycles. The van der Waals surface area contributed by atoms with E-state index in [9.17, 15) is 39.3 Å². The standard InChI is InChI=1S/C41H78N6O16/c1-36(2)4-3-5-37(48)42-6-16-56-18-20-58-22-24-60-26-28-62-30-31-63-29-27-61-25-23-59-21-19-57-17-7-43-38(49)32-44-8-10-45(33-39(50)51)12-14-47(35-41(54)55)15-13-46(11-9-44)34-40(52)53/h36H,3-35H2,1-2H3,(H,42,48)(H,43,49)(H,50,51)(H,52,53)(H,54,55). The van der Waals surface area contributed by atoms with Gasteiger partial charge in [-0.2, -0.15) is 0 Å². The summed E-state index contributed by atoms with van der Waals surface area (Å²) in [5.74, 6) is -2.61. The van der Waals surface area contributed by atoms with Gasteiger partial charge in [-0.15, -0.1) is 0 Å². The molecule has 1 rings (SSSR count). The number of carbonyl (C=O) groups excluding carboxylic acids is 2. The Balaban J connectivity index is 2.00. The van der Waals surface area contributed by atoms with Crippen molar-refractivity contribution < 1.29 is 77.2 Å². The van der Waals surface area contributed by atoms with Crippen molar-refractivity contribution in [3.8, 4) is 0 Å². The lowest BCUT2D eigenvalue weighted by atomic mass is 10.1. The van der Waals surface area contributed by atoms with Crippen molar-refractivity contribution in [1.82, 2.24) is 30.2 Å². The fourth-order valence-corrected chi connectivity index (χ4v) is 5.97. The second-order valence-electron chi connectivity index (χ2n) is 15.2. The maximum atomic E-state index is 12.8. The van der Waals surface area contributed by atoms with Gasteiger partial charge in [-0.25, -0.2) is 0 Å². The van der Waals surface area contributed by atoms with E-state index >= 15 is 0 Å². The molecular formula is C41H78N6O16. The van der Waals surface area contributed by atoms with Gasteiger partial charge in [0.1, 0.15) is 0 Å². The van der Waals surface area contributed by atoms with Crippen molar-refractivity contribution in [1.29, 1.82) is 0 Å². The summed E-state index contributed by atoms with van der Waals surface area (Å²) in [6.45, 7) is 13.8. The van der Waals surface area contributed by atoms with Crippen LogP contribution in [0.2, 0.25) is 0 Å². The van der Waals surface area contributed by atoms with Crippen LogP contribution in [0.15, 0.2) is 0 Å². The van der Waals surface area contributed by atoms with Crippen LogP contribution in [-0.2, 0) is 61.9 Å². The molecule has 63 heavy (non-hydrogen) atoms. The highest BCUT2D eigenvalue weighted by molar-refractivity contribution is 5.78. The van der Waals surface area contributed by atoms with Gasteiger partial charge in [0.2, 0.25) is 11.8 Å². The van der Waals surface area contributed by atoms with E-state index in [-0.39, 0.29) is 51.1 Å². The van der Waals surface area contributed by atoms with Crippen LogP contribution in [0.1, 0.15) is 33.1 Å². The Labute approximate surface area is 373 Å². The van der Waals surface area contributed by atoms with E-state index in [1.165, 1.54) is 0 Å². The van der Waals surface area contributed by atoms with Crippen LogP contribution in [0.4, 0.5) is 0 Å². The first-order valence-electron chi connectivity index (χ1n) is 22.1. The molecule has 22 nitrogen and oxygen atoms in total. The van der Waals surface area contributed by atoms with Crippen LogP contribution in [0.5, 0.6) is 0 Å². The fraction of sp³-hybridized carbons (Fsp3) is 0.878. The molecule has 5 N–H and O–H groups in total. The molecule has 2 amide bonds. The Morgan fingerprint density at radius 1 is 0.413 bits per heavy atom. The first kappa shape index (κ1) is 57.9. The number of carboxylic acid groups (broad SMARTS) is 3. The highest BCUT2D eigenvalue weighted by Gasteiger charge is 2.21. The lowest BCUT2D eigenvalue weighted by molar-refractivity contribution is -0.140. The zero-order valence-electron chi connectivity index (χ0n) is 37.8. The third kappa shape index (κ3) is 39.0. The Morgan fingerprint density at radius 2 is 0.667 bits per heavy atom. The summed E-state index contributed by atoms with van der Waals surface area (Å²) in [5.41, 5.74) is 0. The zero-order valence-corrected chi connectivity index (χ0v) is 37.8. The molecule has 0 unspecified atom stereocenters. The molecule has 0 radical (unpaired) electrons. The number of carboxylic acids is 3. The minimum Gasteiger partial charge on any atom is -0.480 e. The molecule has 1 saturated heterocycles. The van der Waals surface area contributed by atoms with Crippen molar-refractivity contribution in [2.45, 2.75) is 33.1 Å². The number of ether oxygens (including phenoxy) is 8. The van der Waals surface area contributed by atoms with Crippen LogP contribution >= 0.6 is 0 Å². The molecule has 0 aromatic heterocycles. The summed E-state index contributed by atoms with van der Waals surface area (Å²) in [7, 11) is 0. The van der Waals surface area contributed by atoms with Crippen LogP contribution in [0.25, 0.3) is 0 Å². The highest BCUT2D eigenvalue weighted by atomic mass is 16.6. The number of hydrogen-bond donors (Lipinski definition) is 5.